The van der Waals surface area contributed by atoms with E-state index in [1.54, 1.807) is 12.4 Å². The van der Waals surface area contributed by atoms with Crippen molar-refractivity contribution in [2.75, 3.05) is 25.4 Å². The van der Waals surface area contributed by atoms with E-state index in [4.69, 9.17) is 22.9 Å². The summed E-state index contributed by atoms with van der Waals surface area (Å²) in [4.78, 5) is 89.6. The van der Waals surface area contributed by atoms with E-state index in [9.17, 15) is 33.9 Å². The van der Waals surface area contributed by atoms with Gasteiger partial charge in [0.05, 0.1) is 12.6 Å². The molecule has 2 aromatic carbocycles. The number of carboxylic acids is 1. The molecule has 0 bridgehead atoms. The Morgan fingerprint density at radius 3 is 1.78 bits per heavy atom. The average molecular weight is 835 g/mol. The van der Waals surface area contributed by atoms with Gasteiger partial charge in [-0.2, -0.15) is 12.6 Å². The van der Waals surface area contributed by atoms with Crippen molar-refractivity contribution < 1.29 is 33.9 Å². The number of nitrogens with two attached hydrogens (primary N) is 4. The van der Waals surface area contributed by atoms with Crippen LogP contribution in [0.3, 0.4) is 0 Å². The van der Waals surface area contributed by atoms with Crippen LogP contribution in [0.2, 0.25) is 0 Å². The lowest BCUT2D eigenvalue weighted by Crippen LogP contribution is -2.58. The summed E-state index contributed by atoms with van der Waals surface area (Å²) in [6.45, 7) is 0.0496. The van der Waals surface area contributed by atoms with E-state index >= 15 is 0 Å². The summed E-state index contributed by atoms with van der Waals surface area (Å²) in [5.41, 5.74) is 25.1. The van der Waals surface area contributed by atoms with Crippen molar-refractivity contribution >= 4 is 75.9 Å². The van der Waals surface area contributed by atoms with Crippen LogP contribution >= 0.6 is 12.6 Å². The number of aromatic nitrogens is 2. The number of aliphatic carboxylic acids is 1. The number of hydrogen-bond acceptors (Lipinski definition) is 10. The molecule has 0 saturated carbocycles. The molecule has 5 atom stereocenters. The van der Waals surface area contributed by atoms with E-state index in [0.717, 1.165) is 21.8 Å². The maximum Gasteiger partial charge on any atom is 0.326 e. The maximum atomic E-state index is 14.3. The number of fused-ring (bicyclic) bond motifs is 2. The van der Waals surface area contributed by atoms with Gasteiger partial charge in [-0.25, -0.2) is 4.79 Å². The number of aromatic amines is 2. The number of carbonyl (C=O) groups excluding carboxylic acids is 5. The van der Waals surface area contributed by atoms with Gasteiger partial charge in [-0.1, -0.05) is 36.4 Å². The molecule has 318 valence electrons. The van der Waals surface area contributed by atoms with Gasteiger partial charge in [-0.05, 0) is 61.9 Å². The molecule has 5 amide bonds. The van der Waals surface area contributed by atoms with E-state index in [-0.39, 0.29) is 43.9 Å². The quantitative estimate of drug-likeness (QED) is 0.0176. The third-order valence-electron chi connectivity index (χ3n) is 9.59. The van der Waals surface area contributed by atoms with Crippen LogP contribution in [-0.2, 0) is 41.6 Å². The van der Waals surface area contributed by atoms with Crippen molar-refractivity contribution in [3.8, 4) is 0 Å². The number of aliphatic imine (C=N–C) groups is 1. The number of guanidine groups is 1. The van der Waals surface area contributed by atoms with Gasteiger partial charge in [0.2, 0.25) is 29.5 Å². The van der Waals surface area contributed by atoms with E-state index in [0.29, 0.717) is 36.9 Å². The molecular weight excluding hydrogens is 781 g/mol. The van der Waals surface area contributed by atoms with E-state index in [2.05, 4.69) is 54.2 Å². The third kappa shape index (κ3) is 13.8. The summed E-state index contributed by atoms with van der Waals surface area (Å²) >= 11 is 4.17. The van der Waals surface area contributed by atoms with Gasteiger partial charge in [-0.3, -0.25) is 29.0 Å². The zero-order valence-corrected chi connectivity index (χ0v) is 33.4. The summed E-state index contributed by atoms with van der Waals surface area (Å²) in [5, 5.41) is 24.5. The Bertz CT molecular complexity index is 2100. The van der Waals surface area contributed by atoms with Crippen LogP contribution in [0.25, 0.3) is 21.8 Å². The van der Waals surface area contributed by atoms with Gasteiger partial charge in [0.15, 0.2) is 5.96 Å². The number of thiol groups is 1. The van der Waals surface area contributed by atoms with Crippen molar-refractivity contribution in [2.24, 2.45) is 27.9 Å². The molecule has 0 unspecified atom stereocenters. The molecule has 59 heavy (non-hydrogen) atoms. The number of rotatable bonds is 24. The van der Waals surface area contributed by atoms with Gasteiger partial charge in [0.1, 0.15) is 24.2 Å². The molecule has 0 aliphatic rings. The monoisotopic (exact) mass is 834 g/mol. The van der Waals surface area contributed by atoms with Crippen LogP contribution in [-0.4, -0.2) is 112 Å². The lowest BCUT2D eigenvalue weighted by Gasteiger charge is -2.25. The molecule has 0 radical (unpaired) electrons. The number of unbranched alkanes of at least 4 members (excludes halogenated alkanes) is 1. The second-order valence-electron chi connectivity index (χ2n) is 14.0. The van der Waals surface area contributed by atoms with Gasteiger partial charge in [0, 0.05) is 59.3 Å². The molecule has 0 fully saturated rings. The number of amides is 5. The smallest absolute Gasteiger partial charge is 0.326 e. The highest BCUT2D eigenvalue weighted by molar-refractivity contribution is 7.80. The summed E-state index contributed by atoms with van der Waals surface area (Å²) in [6, 6.07) is 8.89. The van der Waals surface area contributed by atoms with E-state index < -0.39 is 72.3 Å². The first-order chi connectivity index (χ1) is 28.3. The predicted octanol–water partition coefficient (Wildman–Crippen LogP) is -0.986. The highest BCUT2D eigenvalue weighted by atomic mass is 32.1. The number of H-pyrrole nitrogens is 2. The van der Waals surface area contributed by atoms with Crippen LogP contribution in [0.5, 0.6) is 0 Å². The van der Waals surface area contributed by atoms with Gasteiger partial charge >= 0.3 is 5.97 Å². The van der Waals surface area contributed by atoms with Gasteiger partial charge in [0.25, 0.3) is 0 Å². The molecule has 16 N–H and O–H groups in total. The Morgan fingerprint density at radius 2 is 1.24 bits per heavy atom. The molecule has 0 saturated heterocycles. The Kier molecular flexibility index (Phi) is 17.6. The lowest BCUT2D eigenvalue weighted by molar-refractivity contribution is -0.142. The Labute approximate surface area is 346 Å². The normalized spacial score (nSPS) is 13.7. The number of nitrogens with zero attached hydrogens (tertiary/aromatic N) is 1. The fourth-order valence-electron chi connectivity index (χ4n) is 6.41. The fraction of sp³-hybridized carbons (Fsp3) is 0.410. The van der Waals surface area contributed by atoms with Crippen LogP contribution in [0, 0.1) is 0 Å². The highest BCUT2D eigenvalue weighted by Crippen LogP contribution is 2.21. The molecule has 0 spiro atoms. The van der Waals surface area contributed by atoms with Gasteiger partial charge in [-0.15, -0.1) is 0 Å². The Balaban J connectivity index is 1.51. The summed E-state index contributed by atoms with van der Waals surface area (Å²) in [6.07, 6.45) is 5.19. The fourth-order valence-corrected chi connectivity index (χ4v) is 6.67. The molecule has 0 aliphatic heterocycles. The predicted molar refractivity (Wildman–Crippen MR) is 227 cm³/mol. The minimum Gasteiger partial charge on any atom is -0.480 e. The molecule has 2 aromatic heterocycles. The van der Waals surface area contributed by atoms with Crippen molar-refractivity contribution in [1.29, 1.82) is 0 Å². The molecule has 0 aliphatic carbocycles. The van der Waals surface area contributed by atoms with Crippen LogP contribution in [0.4, 0.5) is 0 Å². The molecule has 19 nitrogen and oxygen atoms in total. The van der Waals surface area contributed by atoms with E-state index in [1.807, 2.05) is 48.5 Å². The average Bonchev–Trinajstić information content (AvgIpc) is 3.83. The minimum absolute atomic E-state index is 0.0166. The molecule has 20 heteroatoms. The van der Waals surface area contributed by atoms with Crippen LogP contribution in [0.15, 0.2) is 65.9 Å². The zero-order valence-electron chi connectivity index (χ0n) is 32.5. The van der Waals surface area contributed by atoms with Crippen molar-refractivity contribution in [1.82, 2.24) is 36.6 Å². The second kappa shape index (κ2) is 22.7. The largest absolute Gasteiger partial charge is 0.480 e. The standard InChI is InChI=1S/C39H54N12O7S/c40-14-6-5-13-29(38(57)58)49-37(56)31(17-23-19-46-28-12-4-2-9-25(23)28)50-36(55)30(16-22-18-45-27-11-3-1-8-24(22)27)48-33(52)20-47-35(54)32(21-59)51-34(53)26(41)10-7-15-44-39(42)43/h1-4,8-9,11-12,18-19,26,29-32,45-46,59H,5-7,10,13-17,20-21,40-41H2,(H,47,54)(H,48,52)(H,49,56)(H,50,55)(H,51,53)(H,57,58)(H4,42,43,44)/t26-,29-,30-,31-,32-/m0/s1. The van der Waals surface area contributed by atoms with Crippen molar-refractivity contribution in [3.63, 3.8) is 0 Å². The minimum atomic E-state index is -1.27. The van der Waals surface area contributed by atoms with Crippen LogP contribution in [0.1, 0.15) is 43.2 Å². The van der Waals surface area contributed by atoms with Crippen molar-refractivity contribution in [3.05, 3.63) is 72.1 Å². The Morgan fingerprint density at radius 1 is 0.695 bits per heavy atom. The number of benzene rings is 2. The lowest BCUT2D eigenvalue weighted by atomic mass is 10.0. The summed E-state index contributed by atoms with van der Waals surface area (Å²) < 4.78 is 0. The number of carboxylic acid groups (broad SMARTS) is 1. The zero-order chi connectivity index (χ0) is 42.9. The van der Waals surface area contributed by atoms with Crippen molar-refractivity contribution in [2.45, 2.75) is 75.2 Å². The SMILES string of the molecule is NCCCC[C@H](NC(=O)[C@H](Cc1c[nH]c2ccccc12)NC(=O)[C@H](Cc1c[nH]c2ccccc12)NC(=O)CNC(=O)[C@H](CS)NC(=O)[C@@H](N)CCCN=C(N)N)C(=O)O. The second-order valence-corrected chi connectivity index (χ2v) is 14.4. The first kappa shape index (κ1) is 45.6. The first-order valence-electron chi connectivity index (χ1n) is 19.2. The molecular formula is C39H54N12O7S. The third-order valence-corrected chi connectivity index (χ3v) is 9.95. The molecule has 4 aromatic rings. The number of carbonyl (C=O) groups is 6. The van der Waals surface area contributed by atoms with E-state index in [1.165, 1.54) is 0 Å². The molecule has 2 heterocycles. The summed E-state index contributed by atoms with van der Waals surface area (Å²) in [7, 11) is 0. The summed E-state index contributed by atoms with van der Waals surface area (Å²) in [5.74, 6) is -4.98. The number of hydrogen-bond donors (Lipinski definition) is 13. The topological polar surface area (TPSA) is 331 Å². The molecule has 4 rings (SSSR count). The number of nitrogens with one attached hydrogen (secondary N) is 7. The maximum absolute atomic E-state index is 14.3. The Hall–Kier alpha value is -6.12. The first-order valence-corrected chi connectivity index (χ1v) is 19.9. The van der Waals surface area contributed by atoms with Gasteiger partial charge < -0.3 is 64.6 Å². The number of para-hydroxylation sites is 2. The highest BCUT2D eigenvalue weighted by Gasteiger charge is 2.31. The van der Waals surface area contributed by atoms with Crippen LogP contribution < -0.4 is 49.5 Å².